The molecule has 4 nitrogen and oxygen atoms in total. The van der Waals surface area contributed by atoms with Crippen molar-refractivity contribution < 1.29 is 14.3 Å². The van der Waals surface area contributed by atoms with E-state index in [2.05, 4.69) is 17.4 Å². The van der Waals surface area contributed by atoms with Gasteiger partial charge in [0, 0.05) is 6.08 Å². The highest BCUT2D eigenvalue weighted by atomic mass is 32.1. The quantitative estimate of drug-likeness (QED) is 0.669. The Hall–Kier alpha value is -2.40. The molecule has 1 aliphatic rings. The predicted molar refractivity (Wildman–Crippen MR) is 94.6 cm³/mol. The zero-order valence-electron chi connectivity index (χ0n) is 13.2. The van der Waals surface area contributed by atoms with Gasteiger partial charge in [0.15, 0.2) is 6.61 Å². The molecule has 0 radical (unpaired) electrons. The Balaban J connectivity index is 1.49. The van der Waals surface area contributed by atoms with Gasteiger partial charge >= 0.3 is 5.97 Å². The molecule has 1 aliphatic carbocycles. The fourth-order valence-electron chi connectivity index (χ4n) is 2.86. The molecule has 0 saturated heterocycles. The molecule has 0 saturated carbocycles. The monoisotopic (exact) mass is 341 g/mol. The average Bonchev–Trinajstić information content (AvgIpc) is 3.12. The maximum Gasteiger partial charge on any atom is 0.331 e. The maximum absolute atomic E-state index is 12.0. The van der Waals surface area contributed by atoms with Crippen LogP contribution in [0.1, 0.15) is 35.6 Å². The Kier molecular flexibility index (Phi) is 5.43. The van der Waals surface area contributed by atoms with Crippen LogP contribution < -0.4 is 5.32 Å². The number of amides is 1. The zero-order valence-corrected chi connectivity index (χ0v) is 14.1. The number of nitrogens with one attached hydrogen (secondary N) is 1. The van der Waals surface area contributed by atoms with Crippen molar-refractivity contribution in [3.8, 4) is 0 Å². The highest BCUT2D eigenvalue weighted by Crippen LogP contribution is 2.29. The fourth-order valence-corrected chi connectivity index (χ4v) is 3.49. The number of thiophene rings is 1. The van der Waals surface area contributed by atoms with Crippen molar-refractivity contribution in [2.45, 2.75) is 25.3 Å². The first kappa shape index (κ1) is 16.5. The lowest BCUT2D eigenvalue weighted by Gasteiger charge is -2.26. The molecule has 0 fully saturated rings. The number of carbonyl (C=O) groups is 2. The number of aryl methyl sites for hydroxylation is 1. The van der Waals surface area contributed by atoms with Crippen LogP contribution in [0.4, 0.5) is 0 Å². The molecular weight excluding hydrogens is 322 g/mol. The smallest absolute Gasteiger partial charge is 0.331 e. The molecule has 24 heavy (non-hydrogen) atoms. The molecule has 0 bridgehead atoms. The van der Waals surface area contributed by atoms with Gasteiger partial charge in [0.25, 0.3) is 5.91 Å². The van der Waals surface area contributed by atoms with Crippen LogP contribution in [-0.2, 0) is 20.7 Å². The normalized spacial score (nSPS) is 16.6. The number of benzene rings is 1. The summed E-state index contributed by atoms with van der Waals surface area (Å²) >= 11 is 1.56. The van der Waals surface area contributed by atoms with Gasteiger partial charge in [-0.1, -0.05) is 24.3 Å². The third-order valence-electron chi connectivity index (χ3n) is 4.01. The van der Waals surface area contributed by atoms with E-state index < -0.39 is 5.97 Å². The summed E-state index contributed by atoms with van der Waals surface area (Å²) in [5, 5.41) is 6.82. The summed E-state index contributed by atoms with van der Waals surface area (Å²) < 4.78 is 5.00. The van der Waals surface area contributed by atoms with Crippen LogP contribution in [0.3, 0.4) is 0 Å². The van der Waals surface area contributed by atoms with E-state index in [-0.39, 0.29) is 18.6 Å². The van der Waals surface area contributed by atoms with Crippen LogP contribution in [0.5, 0.6) is 0 Å². The van der Waals surface area contributed by atoms with Crippen LogP contribution in [0.25, 0.3) is 6.08 Å². The van der Waals surface area contributed by atoms with Crippen LogP contribution in [-0.4, -0.2) is 18.5 Å². The molecule has 1 N–H and O–H groups in total. The van der Waals surface area contributed by atoms with Crippen molar-refractivity contribution >= 4 is 29.3 Å². The molecule has 124 valence electrons. The van der Waals surface area contributed by atoms with Crippen LogP contribution in [0.15, 0.2) is 47.2 Å². The van der Waals surface area contributed by atoms with Crippen molar-refractivity contribution in [3.05, 3.63) is 63.9 Å². The minimum absolute atomic E-state index is 0.00232. The standard InChI is InChI=1S/C19H19NO3S/c21-18(12-23-19(22)9-8-14-10-11-24-13-14)20-17-7-3-5-15-4-1-2-6-16(15)17/h1-2,4,6,8-11,13,17H,3,5,7,12H2,(H,20,21)/b9-8+/t17-/m1/s1. The first-order valence-electron chi connectivity index (χ1n) is 7.96. The fraction of sp³-hybridized carbons (Fsp3) is 0.263. The number of rotatable bonds is 5. The summed E-state index contributed by atoms with van der Waals surface area (Å²) in [4.78, 5) is 23.7. The second-order valence-corrected chi connectivity index (χ2v) is 6.49. The Labute approximate surface area is 145 Å². The van der Waals surface area contributed by atoms with E-state index in [0.29, 0.717) is 0 Å². The van der Waals surface area contributed by atoms with Crippen molar-refractivity contribution in [2.24, 2.45) is 0 Å². The van der Waals surface area contributed by atoms with Crippen molar-refractivity contribution in [3.63, 3.8) is 0 Å². The predicted octanol–water partition coefficient (Wildman–Crippen LogP) is 3.50. The molecule has 2 aromatic rings. The van der Waals surface area contributed by atoms with Gasteiger partial charge in [-0.25, -0.2) is 4.79 Å². The topological polar surface area (TPSA) is 55.4 Å². The summed E-state index contributed by atoms with van der Waals surface area (Å²) in [5.74, 6) is -0.783. The third kappa shape index (κ3) is 4.32. The van der Waals surface area contributed by atoms with E-state index in [4.69, 9.17) is 4.74 Å². The van der Waals surface area contributed by atoms with Gasteiger partial charge in [0.2, 0.25) is 0 Å². The lowest BCUT2D eigenvalue weighted by atomic mass is 9.88. The van der Waals surface area contributed by atoms with E-state index in [9.17, 15) is 9.59 Å². The summed E-state index contributed by atoms with van der Waals surface area (Å²) in [6.07, 6.45) is 6.02. The van der Waals surface area contributed by atoms with E-state index in [1.807, 2.05) is 29.0 Å². The number of ether oxygens (including phenoxy) is 1. The van der Waals surface area contributed by atoms with Gasteiger partial charge < -0.3 is 10.1 Å². The Morgan fingerprint density at radius 2 is 2.17 bits per heavy atom. The molecule has 1 heterocycles. The largest absolute Gasteiger partial charge is 0.452 e. The molecule has 1 aromatic carbocycles. The van der Waals surface area contributed by atoms with Gasteiger partial charge in [0.05, 0.1) is 6.04 Å². The van der Waals surface area contributed by atoms with Crippen molar-refractivity contribution in [1.29, 1.82) is 0 Å². The summed E-state index contributed by atoms with van der Waals surface area (Å²) in [6, 6.07) is 10.1. The Bertz CT molecular complexity index is 737. The highest BCUT2D eigenvalue weighted by molar-refractivity contribution is 7.08. The Morgan fingerprint density at radius 3 is 3.00 bits per heavy atom. The van der Waals surface area contributed by atoms with Gasteiger partial charge in [0.1, 0.15) is 0 Å². The molecular formula is C19H19NO3S. The van der Waals surface area contributed by atoms with Crippen molar-refractivity contribution in [1.82, 2.24) is 5.32 Å². The van der Waals surface area contributed by atoms with Gasteiger partial charge in [-0.3, -0.25) is 4.79 Å². The van der Waals surface area contributed by atoms with Gasteiger partial charge in [-0.15, -0.1) is 0 Å². The lowest BCUT2D eigenvalue weighted by molar-refractivity contribution is -0.144. The van der Waals surface area contributed by atoms with E-state index in [0.717, 1.165) is 24.8 Å². The van der Waals surface area contributed by atoms with E-state index in [1.165, 1.54) is 17.2 Å². The van der Waals surface area contributed by atoms with Crippen molar-refractivity contribution in [2.75, 3.05) is 6.61 Å². The van der Waals surface area contributed by atoms with Crippen LogP contribution >= 0.6 is 11.3 Å². The molecule has 0 spiro atoms. The third-order valence-corrected chi connectivity index (χ3v) is 4.71. The second-order valence-electron chi connectivity index (χ2n) is 5.71. The van der Waals surface area contributed by atoms with Crippen LogP contribution in [0, 0.1) is 0 Å². The van der Waals surface area contributed by atoms with Gasteiger partial charge in [-0.2, -0.15) is 11.3 Å². The van der Waals surface area contributed by atoms with Gasteiger partial charge in [-0.05, 0) is 58.9 Å². The number of hydrogen-bond acceptors (Lipinski definition) is 4. The summed E-state index contributed by atoms with van der Waals surface area (Å²) in [7, 11) is 0. The SMILES string of the molecule is O=C(COC(=O)/C=C/c1ccsc1)N[C@@H]1CCCc2ccccc21. The lowest BCUT2D eigenvalue weighted by Crippen LogP contribution is -2.34. The first-order valence-corrected chi connectivity index (χ1v) is 8.91. The molecule has 0 aliphatic heterocycles. The molecule has 3 rings (SSSR count). The minimum atomic E-state index is -0.514. The summed E-state index contributed by atoms with van der Waals surface area (Å²) in [6.45, 7) is -0.258. The number of hydrogen-bond donors (Lipinski definition) is 1. The molecule has 1 atom stereocenters. The first-order chi connectivity index (χ1) is 11.7. The number of esters is 1. The maximum atomic E-state index is 12.0. The molecule has 1 aromatic heterocycles. The van der Waals surface area contributed by atoms with Crippen LogP contribution in [0.2, 0.25) is 0 Å². The second kappa shape index (κ2) is 7.93. The molecule has 5 heteroatoms. The number of carbonyl (C=O) groups excluding carboxylic acids is 2. The van der Waals surface area contributed by atoms with E-state index in [1.54, 1.807) is 17.4 Å². The zero-order chi connectivity index (χ0) is 16.8. The highest BCUT2D eigenvalue weighted by Gasteiger charge is 2.21. The molecule has 1 amide bonds. The minimum Gasteiger partial charge on any atom is -0.452 e. The average molecular weight is 341 g/mol. The summed E-state index contributed by atoms with van der Waals surface area (Å²) in [5.41, 5.74) is 3.39. The van der Waals surface area contributed by atoms with E-state index >= 15 is 0 Å². The number of fused-ring (bicyclic) bond motifs is 1. The molecule has 0 unspecified atom stereocenters. The Morgan fingerprint density at radius 1 is 1.29 bits per heavy atom.